The number of nitrogens with one attached hydrogen (secondary N) is 2. The molecule has 1 heterocycles. The van der Waals surface area contributed by atoms with E-state index in [1.54, 1.807) is 13.8 Å². The molecule has 2 aromatic rings. The number of hydrogen-bond acceptors (Lipinski definition) is 6. The molecule has 2 N–H and O–H groups in total. The first-order valence-electron chi connectivity index (χ1n) is 8.08. The van der Waals surface area contributed by atoms with Crippen LogP contribution in [-0.2, 0) is 9.53 Å². The fourth-order valence-corrected chi connectivity index (χ4v) is 2.73. The largest absolute Gasteiger partial charge is 0.448 e. The third kappa shape index (κ3) is 4.20. The average Bonchev–Trinajstić information content (AvgIpc) is 2.89. The Morgan fingerprint density at radius 3 is 2.41 bits per heavy atom. The molecule has 0 fully saturated rings. The van der Waals surface area contributed by atoms with Crippen molar-refractivity contribution in [3.8, 4) is 0 Å². The van der Waals surface area contributed by atoms with Crippen LogP contribution < -0.4 is 5.32 Å². The molecule has 1 aromatic carbocycles. The Bertz CT molecular complexity index is 931. The zero-order valence-electron chi connectivity index (χ0n) is 15.3. The summed E-state index contributed by atoms with van der Waals surface area (Å²) in [6.07, 6.45) is -1.21. The Morgan fingerprint density at radius 1 is 1.22 bits per heavy atom. The Labute approximate surface area is 154 Å². The molecule has 142 valence electrons. The third-order valence-electron chi connectivity index (χ3n) is 4.01. The fourth-order valence-electron chi connectivity index (χ4n) is 2.73. The molecule has 9 nitrogen and oxygen atoms in total. The monoisotopic (exact) mass is 373 g/mol. The Kier molecular flexibility index (Phi) is 5.74. The predicted molar refractivity (Wildman–Crippen MR) is 96.9 cm³/mol. The van der Waals surface area contributed by atoms with Crippen LogP contribution in [0.15, 0.2) is 24.3 Å². The van der Waals surface area contributed by atoms with Crippen molar-refractivity contribution in [1.29, 1.82) is 0 Å². The van der Waals surface area contributed by atoms with E-state index in [0.717, 1.165) is 0 Å². The van der Waals surface area contributed by atoms with Gasteiger partial charge in [-0.3, -0.25) is 19.7 Å². The number of aromatic amines is 1. The van der Waals surface area contributed by atoms with Crippen molar-refractivity contribution < 1.29 is 24.0 Å². The minimum Gasteiger partial charge on any atom is -0.448 e. The van der Waals surface area contributed by atoms with Crippen molar-refractivity contribution in [3.63, 3.8) is 0 Å². The molecular formula is C18H19N3O6. The first-order valence-corrected chi connectivity index (χ1v) is 8.08. The van der Waals surface area contributed by atoms with Crippen LogP contribution >= 0.6 is 0 Å². The number of nitrogens with zero attached hydrogens (tertiary/aromatic N) is 1. The van der Waals surface area contributed by atoms with Crippen LogP contribution in [-0.4, -0.2) is 33.7 Å². The maximum absolute atomic E-state index is 12.3. The quantitative estimate of drug-likeness (QED) is 0.346. The Balaban J connectivity index is 2.13. The van der Waals surface area contributed by atoms with E-state index < -0.39 is 22.9 Å². The molecule has 0 bridgehead atoms. The number of esters is 1. The summed E-state index contributed by atoms with van der Waals surface area (Å²) >= 11 is 0. The van der Waals surface area contributed by atoms with Crippen LogP contribution in [0.25, 0.3) is 0 Å². The van der Waals surface area contributed by atoms with Crippen molar-refractivity contribution in [2.75, 3.05) is 5.32 Å². The van der Waals surface area contributed by atoms with Gasteiger partial charge in [0.25, 0.3) is 11.6 Å². The second-order valence-electron chi connectivity index (χ2n) is 5.99. The third-order valence-corrected chi connectivity index (χ3v) is 4.01. The van der Waals surface area contributed by atoms with Crippen molar-refractivity contribution in [2.45, 2.75) is 33.8 Å². The van der Waals surface area contributed by atoms with Crippen LogP contribution in [0.2, 0.25) is 0 Å². The van der Waals surface area contributed by atoms with Gasteiger partial charge in [-0.15, -0.1) is 0 Å². The van der Waals surface area contributed by atoms with Gasteiger partial charge in [0, 0.05) is 17.3 Å². The molecular weight excluding hydrogens is 354 g/mol. The zero-order chi connectivity index (χ0) is 20.3. The Hall–Kier alpha value is -3.49. The van der Waals surface area contributed by atoms with Crippen molar-refractivity contribution in [3.05, 3.63) is 56.9 Å². The number of para-hydroxylation sites is 2. The molecule has 0 unspecified atom stereocenters. The first kappa shape index (κ1) is 19.8. The Morgan fingerprint density at radius 2 is 1.85 bits per heavy atom. The molecule has 0 spiro atoms. The van der Waals surface area contributed by atoms with Crippen molar-refractivity contribution >= 4 is 29.0 Å². The van der Waals surface area contributed by atoms with Gasteiger partial charge in [-0.1, -0.05) is 12.1 Å². The topological polar surface area (TPSA) is 131 Å². The number of amides is 1. The lowest BCUT2D eigenvalue weighted by atomic mass is 10.1. The highest BCUT2D eigenvalue weighted by atomic mass is 16.6. The minimum absolute atomic E-state index is 0.00108. The lowest BCUT2D eigenvalue weighted by Crippen LogP contribution is -2.30. The van der Waals surface area contributed by atoms with Crippen LogP contribution in [0.4, 0.5) is 11.4 Å². The number of hydrogen-bond donors (Lipinski definition) is 2. The van der Waals surface area contributed by atoms with E-state index in [1.807, 2.05) is 0 Å². The number of carbonyl (C=O) groups is 3. The van der Waals surface area contributed by atoms with Gasteiger partial charge in [-0.2, -0.15) is 0 Å². The summed E-state index contributed by atoms with van der Waals surface area (Å²) in [5.41, 5.74) is 1.19. The van der Waals surface area contributed by atoms with Gasteiger partial charge in [0.15, 0.2) is 11.9 Å². The number of ketones is 1. The normalized spacial score (nSPS) is 11.6. The fraction of sp³-hybridized carbons (Fsp3) is 0.278. The van der Waals surface area contributed by atoms with Gasteiger partial charge in [-0.25, -0.2) is 4.79 Å². The molecule has 0 aliphatic heterocycles. The molecule has 0 radical (unpaired) electrons. The maximum atomic E-state index is 12.3. The van der Waals surface area contributed by atoms with E-state index in [-0.39, 0.29) is 22.9 Å². The van der Waals surface area contributed by atoms with E-state index >= 15 is 0 Å². The highest BCUT2D eigenvalue weighted by molar-refractivity contribution is 6.02. The maximum Gasteiger partial charge on any atom is 0.355 e. The summed E-state index contributed by atoms with van der Waals surface area (Å²) in [4.78, 5) is 49.4. The molecule has 1 amide bonds. The molecule has 0 aliphatic rings. The average molecular weight is 373 g/mol. The lowest BCUT2D eigenvalue weighted by Gasteiger charge is -2.13. The van der Waals surface area contributed by atoms with Crippen LogP contribution in [0.3, 0.4) is 0 Å². The standard InChI is InChI=1S/C18H19N3O6/c1-9-15(11(3)22)10(2)19-16(9)18(24)27-12(4)17(23)20-13-7-5-6-8-14(13)21(25)26/h5-8,12,19H,1-4H3,(H,20,23)/t12-/m0/s1. The second-order valence-corrected chi connectivity index (χ2v) is 5.99. The molecule has 1 aromatic heterocycles. The highest BCUT2D eigenvalue weighted by Gasteiger charge is 2.25. The van der Waals surface area contributed by atoms with Gasteiger partial charge in [0.1, 0.15) is 11.4 Å². The van der Waals surface area contributed by atoms with Gasteiger partial charge in [0.05, 0.1) is 4.92 Å². The summed E-state index contributed by atoms with van der Waals surface area (Å²) in [5.74, 6) is -1.71. The molecule has 27 heavy (non-hydrogen) atoms. The number of aromatic nitrogens is 1. The molecule has 2 rings (SSSR count). The van der Waals surface area contributed by atoms with Gasteiger partial charge in [-0.05, 0) is 39.3 Å². The van der Waals surface area contributed by atoms with Crippen molar-refractivity contribution in [1.82, 2.24) is 4.98 Å². The van der Waals surface area contributed by atoms with Crippen LogP contribution in [0.1, 0.15) is 46.0 Å². The predicted octanol–water partition coefficient (Wildman–Crippen LogP) is 2.93. The minimum atomic E-state index is -1.21. The molecule has 9 heteroatoms. The number of ether oxygens (including phenoxy) is 1. The SMILES string of the molecule is CC(=O)c1c(C)[nH]c(C(=O)O[C@@H](C)C(=O)Nc2ccccc2[N+](=O)[O-])c1C. The zero-order valence-corrected chi connectivity index (χ0v) is 15.3. The van der Waals surface area contributed by atoms with E-state index in [4.69, 9.17) is 4.74 Å². The van der Waals surface area contributed by atoms with Crippen LogP contribution in [0, 0.1) is 24.0 Å². The summed E-state index contributed by atoms with van der Waals surface area (Å²) < 4.78 is 5.14. The number of rotatable bonds is 6. The van der Waals surface area contributed by atoms with Gasteiger partial charge >= 0.3 is 5.97 Å². The van der Waals surface area contributed by atoms with Crippen LogP contribution in [0.5, 0.6) is 0 Å². The number of anilines is 1. The lowest BCUT2D eigenvalue weighted by molar-refractivity contribution is -0.383. The highest BCUT2D eigenvalue weighted by Crippen LogP contribution is 2.24. The number of nitro benzene ring substituents is 1. The number of Topliss-reactive ketones (excluding diaryl/α,β-unsaturated/α-hetero) is 1. The number of aryl methyl sites for hydroxylation is 1. The van der Waals surface area contributed by atoms with E-state index in [0.29, 0.717) is 16.8 Å². The molecule has 0 aliphatic carbocycles. The van der Waals surface area contributed by atoms with E-state index in [1.165, 1.54) is 38.1 Å². The first-order chi connectivity index (χ1) is 12.6. The number of benzene rings is 1. The second kappa shape index (κ2) is 7.81. The number of carbonyl (C=O) groups excluding carboxylic acids is 3. The number of nitro groups is 1. The molecule has 1 atom stereocenters. The smallest absolute Gasteiger partial charge is 0.355 e. The van der Waals surface area contributed by atoms with Gasteiger partial charge in [0.2, 0.25) is 0 Å². The summed E-state index contributed by atoms with van der Waals surface area (Å²) in [6, 6.07) is 5.64. The van der Waals surface area contributed by atoms with Gasteiger partial charge < -0.3 is 15.0 Å². The number of H-pyrrole nitrogens is 1. The summed E-state index contributed by atoms with van der Waals surface area (Å²) in [5, 5.41) is 13.4. The molecule has 0 saturated carbocycles. The summed E-state index contributed by atoms with van der Waals surface area (Å²) in [6.45, 7) is 6.00. The van der Waals surface area contributed by atoms with E-state index in [2.05, 4.69) is 10.3 Å². The summed E-state index contributed by atoms with van der Waals surface area (Å²) in [7, 11) is 0. The molecule has 0 saturated heterocycles. The van der Waals surface area contributed by atoms with E-state index in [9.17, 15) is 24.5 Å². The van der Waals surface area contributed by atoms with Crippen molar-refractivity contribution in [2.24, 2.45) is 0 Å².